The second-order valence-corrected chi connectivity index (χ2v) is 5.48. The van der Waals surface area contributed by atoms with Crippen LogP contribution in [-0.4, -0.2) is 22.7 Å². The first-order chi connectivity index (χ1) is 7.11. The standard InChI is InChI=1S/C11H20N2OS/c1-8(2)4-11-13-6-10(15-11)5-12-9(3)7-14/h6,8-9,12,14H,4-5,7H2,1-3H3/t9-/m1/s1. The topological polar surface area (TPSA) is 45.2 Å². The van der Waals surface area contributed by atoms with Gasteiger partial charge in [-0.25, -0.2) is 4.98 Å². The highest BCUT2D eigenvalue weighted by molar-refractivity contribution is 7.11. The Labute approximate surface area is 95.6 Å². The minimum Gasteiger partial charge on any atom is -0.395 e. The van der Waals surface area contributed by atoms with Crippen molar-refractivity contribution in [2.75, 3.05) is 6.61 Å². The monoisotopic (exact) mass is 228 g/mol. The number of rotatable bonds is 6. The Kier molecular flexibility index (Phi) is 5.22. The summed E-state index contributed by atoms with van der Waals surface area (Å²) in [7, 11) is 0. The Bertz CT molecular complexity index is 286. The van der Waals surface area contributed by atoms with E-state index >= 15 is 0 Å². The first-order valence-electron chi connectivity index (χ1n) is 5.39. The van der Waals surface area contributed by atoms with Gasteiger partial charge in [0.2, 0.25) is 0 Å². The highest BCUT2D eigenvalue weighted by Crippen LogP contribution is 2.16. The molecular formula is C11H20N2OS. The van der Waals surface area contributed by atoms with Crippen molar-refractivity contribution in [3.63, 3.8) is 0 Å². The molecule has 1 aromatic rings. The molecule has 1 rings (SSSR count). The van der Waals surface area contributed by atoms with Gasteiger partial charge in [-0.15, -0.1) is 11.3 Å². The molecule has 2 N–H and O–H groups in total. The van der Waals surface area contributed by atoms with Crippen LogP contribution >= 0.6 is 11.3 Å². The second kappa shape index (κ2) is 6.20. The Morgan fingerprint density at radius 2 is 2.20 bits per heavy atom. The van der Waals surface area contributed by atoms with Crippen LogP contribution in [0.4, 0.5) is 0 Å². The molecule has 0 amide bonds. The predicted octanol–water partition coefficient (Wildman–Crippen LogP) is 1.81. The van der Waals surface area contributed by atoms with E-state index in [0.717, 1.165) is 13.0 Å². The van der Waals surface area contributed by atoms with Gasteiger partial charge >= 0.3 is 0 Å². The average molecular weight is 228 g/mol. The maximum atomic E-state index is 8.86. The van der Waals surface area contributed by atoms with Crippen LogP contribution in [0.25, 0.3) is 0 Å². The number of nitrogens with one attached hydrogen (secondary N) is 1. The lowest BCUT2D eigenvalue weighted by molar-refractivity contribution is 0.251. The molecule has 0 aliphatic heterocycles. The molecule has 0 radical (unpaired) electrons. The van der Waals surface area contributed by atoms with Gasteiger partial charge in [-0.05, 0) is 12.8 Å². The molecule has 0 aliphatic carbocycles. The van der Waals surface area contributed by atoms with Gasteiger partial charge in [0.05, 0.1) is 11.6 Å². The third-order valence-electron chi connectivity index (χ3n) is 2.08. The number of aliphatic hydroxyl groups excluding tert-OH is 1. The van der Waals surface area contributed by atoms with Crippen LogP contribution in [0.1, 0.15) is 30.7 Å². The smallest absolute Gasteiger partial charge is 0.0930 e. The van der Waals surface area contributed by atoms with Gasteiger partial charge in [0.15, 0.2) is 0 Å². The van der Waals surface area contributed by atoms with Gasteiger partial charge in [-0.3, -0.25) is 0 Å². The fourth-order valence-electron chi connectivity index (χ4n) is 1.21. The van der Waals surface area contributed by atoms with E-state index in [0.29, 0.717) is 5.92 Å². The van der Waals surface area contributed by atoms with E-state index in [4.69, 9.17) is 5.11 Å². The SMILES string of the molecule is CC(C)Cc1ncc(CN[C@H](C)CO)s1. The molecule has 1 heterocycles. The van der Waals surface area contributed by atoms with Gasteiger partial charge < -0.3 is 10.4 Å². The number of hydrogen-bond acceptors (Lipinski definition) is 4. The van der Waals surface area contributed by atoms with E-state index in [1.54, 1.807) is 11.3 Å². The normalized spacial score (nSPS) is 13.4. The fourth-order valence-corrected chi connectivity index (χ4v) is 2.30. The zero-order chi connectivity index (χ0) is 11.3. The highest BCUT2D eigenvalue weighted by Gasteiger charge is 2.05. The number of aliphatic hydroxyl groups is 1. The van der Waals surface area contributed by atoms with Crippen LogP contribution in [-0.2, 0) is 13.0 Å². The molecule has 0 bridgehead atoms. The maximum absolute atomic E-state index is 8.86. The van der Waals surface area contributed by atoms with Gasteiger partial charge in [0.1, 0.15) is 0 Å². The van der Waals surface area contributed by atoms with E-state index in [9.17, 15) is 0 Å². The zero-order valence-electron chi connectivity index (χ0n) is 9.66. The summed E-state index contributed by atoms with van der Waals surface area (Å²) in [5, 5.41) is 13.3. The molecule has 1 atom stereocenters. The number of thiazole rings is 1. The van der Waals surface area contributed by atoms with E-state index < -0.39 is 0 Å². The summed E-state index contributed by atoms with van der Waals surface area (Å²) in [6.07, 6.45) is 2.99. The maximum Gasteiger partial charge on any atom is 0.0930 e. The van der Waals surface area contributed by atoms with E-state index in [1.165, 1.54) is 9.88 Å². The predicted molar refractivity (Wildman–Crippen MR) is 64.0 cm³/mol. The third-order valence-corrected chi connectivity index (χ3v) is 3.10. The minimum atomic E-state index is 0.153. The first-order valence-corrected chi connectivity index (χ1v) is 6.21. The molecule has 0 saturated heterocycles. The molecule has 0 unspecified atom stereocenters. The molecule has 3 nitrogen and oxygen atoms in total. The van der Waals surface area contributed by atoms with Gasteiger partial charge in [-0.2, -0.15) is 0 Å². The van der Waals surface area contributed by atoms with Crippen molar-refractivity contribution < 1.29 is 5.11 Å². The van der Waals surface area contributed by atoms with Crippen molar-refractivity contribution in [2.45, 2.75) is 39.8 Å². The molecule has 0 aliphatic rings. The van der Waals surface area contributed by atoms with E-state index in [1.807, 2.05) is 13.1 Å². The number of aromatic nitrogens is 1. The summed E-state index contributed by atoms with van der Waals surface area (Å²) < 4.78 is 0. The van der Waals surface area contributed by atoms with Gasteiger partial charge in [-0.1, -0.05) is 13.8 Å². The van der Waals surface area contributed by atoms with Crippen LogP contribution < -0.4 is 5.32 Å². The Balaban J connectivity index is 2.39. The molecule has 0 saturated carbocycles. The van der Waals surface area contributed by atoms with Crippen molar-refractivity contribution in [1.82, 2.24) is 10.3 Å². The second-order valence-electron chi connectivity index (χ2n) is 4.28. The molecule has 0 aromatic carbocycles. The van der Waals surface area contributed by atoms with Gasteiger partial charge in [0.25, 0.3) is 0 Å². The largest absolute Gasteiger partial charge is 0.395 e. The van der Waals surface area contributed by atoms with Crippen molar-refractivity contribution >= 4 is 11.3 Å². The van der Waals surface area contributed by atoms with Crippen LogP contribution in [0.2, 0.25) is 0 Å². The summed E-state index contributed by atoms with van der Waals surface area (Å²) >= 11 is 1.76. The average Bonchev–Trinajstić information content (AvgIpc) is 2.61. The molecule has 1 aromatic heterocycles. The lowest BCUT2D eigenvalue weighted by Crippen LogP contribution is -2.28. The van der Waals surface area contributed by atoms with Crippen molar-refractivity contribution in [1.29, 1.82) is 0 Å². The summed E-state index contributed by atoms with van der Waals surface area (Å²) in [4.78, 5) is 5.62. The minimum absolute atomic E-state index is 0.153. The molecule has 15 heavy (non-hydrogen) atoms. The lowest BCUT2D eigenvalue weighted by atomic mass is 10.1. The van der Waals surface area contributed by atoms with Crippen molar-refractivity contribution in [3.8, 4) is 0 Å². The zero-order valence-corrected chi connectivity index (χ0v) is 10.5. The van der Waals surface area contributed by atoms with E-state index in [2.05, 4.69) is 24.1 Å². The van der Waals surface area contributed by atoms with Crippen LogP contribution in [0, 0.1) is 5.92 Å². The summed E-state index contributed by atoms with van der Waals surface area (Å²) in [6, 6.07) is 0.153. The van der Waals surface area contributed by atoms with Gasteiger partial charge in [0, 0.05) is 30.1 Å². The highest BCUT2D eigenvalue weighted by atomic mass is 32.1. The fraction of sp³-hybridized carbons (Fsp3) is 0.727. The number of nitrogens with zero attached hydrogens (tertiary/aromatic N) is 1. The van der Waals surface area contributed by atoms with Crippen molar-refractivity contribution in [3.05, 3.63) is 16.1 Å². The van der Waals surface area contributed by atoms with Crippen LogP contribution in [0.15, 0.2) is 6.20 Å². The van der Waals surface area contributed by atoms with Crippen LogP contribution in [0.5, 0.6) is 0 Å². The lowest BCUT2D eigenvalue weighted by Gasteiger charge is -2.08. The van der Waals surface area contributed by atoms with E-state index in [-0.39, 0.29) is 12.6 Å². The molecular weight excluding hydrogens is 208 g/mol. The Morgan fingerprint density at radius 3 is 2.80 bits per heavy atom. The van der Waals surface area contributed by atoms with Crippen LogP contribution in [0.3, 0.4) is 0 Å². The third kappa shape index (κ3) is 4.73. The molecule has 0 fully saturated rings. The molecule has 4 heteroatoms. The molecule has 0 spiro atoms. The first kappa shape index (κ1) is 12.6. The Hall–Kier alpha value is -0.450. The summed E-state index contributed by atoms with van der Waals surface area (Å²) in [6.45, 7) is 7.35. The number of hydrogen-bond donors (Lipinski definition) is 2. The Morgan fingerprint density at radius 1 is 1.47 bits per heavy atom. The summed E-state index contributed by atoms with van der Waals surface area (Å²) in [5.74, 6) is 0.660. The molecule has 86 valence electrons. The van der Waals surface area contributed by atoms with Crippen molar-refractivity contribution in [2.24, 2.45) is 5.92 Å². The quantitative estimate of drug-likeness (QED) is 0.780. The summed E-state index contributed by atoms with van der Waals surface area (Å²) in [5.41, 5.74) is 0.